The van der Waals surface area contributed by atoms with E-state index in [2.05, 4.69) is 14.6 Å². The van der Waals surface area contributed by atoms with Gasteiger partial charge in [0.15, 0.2) is 0 Å². The number of anilines is 1. The number of fused-ring (bicyclic) bond motifs is 2. The molecule has 0 radical (unpaired) electrons. The van der Waals surface area contributed by atoms with Crippen LogP contribution in [0, 0.1) is 0 Å². The third kappa shape index (κ3) is 3.92. The number of morpholine rings is 1. The fourth-order valence-electron chi connectivity index (χ4n) is 3.70. The summed E-state index contributed by atoms with van der Waals surface area (Å²) >= 11 is 0. The van der Waals surface area contributed by atoms with Gasteiger partial charge >= 0.3 is 0 Å². The highest BCUT2D eigenvalue weighted by molar-refractivity contribution is 7.83. The quantitative estimate of drug-likeness (QED) is 0.534. The summed E-state index contributed by atoms with van der Waals surface area (Å²) in [5, 5.41) is 3.23. The lowest BCUT2D eigenvalue weighted by Gasteiger charge is -2.29. The molecule has 154 valence electrons. The predicted octanol–water partition coefficient (Wildman–Crippen LogP) is 3.68. The Morgan fingerprint density at radius 2 is 1.73 bits per heavy atom. The lowest BCUT2D eigenvalue weighted by molar-refractivity contribution is 0.122. The van der Waals surface area contributed by atoms with Crippen LogP contribution in [0.2, 0.25) is 0 Å². The Morgan fingerprint density at radius 3 is 2.60 bits per heavy atom. The van der Waals surface area contributed by atoms with Crippen molar-refractivity contribution in [2.75, 3.05) is 31.2 Å². The Kier molecular flexibility index (Phi) is 5.40. The highest BCUT2D eigenvalue weighted by atomic mass is 32.2. The molecular formula is C23H24N4O2S. The van der Waals surface area contributed by atoms with Gasteiger partial charge in [-0.3, -0.25) is 0 Å². The van der Waals surface area contributed by atoms with E-state index in [0.29, 0.717) is 25.6 Å². The Labute approximate surface area is 179 Å². The molecule has 1 aromatic heterocycles. The zero-order valence-corrected chi connectivity index (χ0v) is 17.3. The molecule has 2 heterocycles. The van der Waals surface area contributed by atoms with Crippen LogP contribution in [-0.2, 0) is 22.3 Å². The Bertz CT molecular complexity index is 1230. The fourth-order valence-corrected chi connectivity index (χ4v) is 4.55. The van der Waals surface area contributed by atoms with Crippen LogP contribution in [0.5, 0.6) is 0 Å². The van der Waals surface area contributed by atoms with Crippen molar-refractivity contribution in [2.24, 2.45) is 0 Å². The third-order valence-electron chi connectivity index (χ3n) is 5.24. The smallest absolute Gasteiger partial charge is 0.146 e. The van der Waals surface area contributed by atoms with Crippen LogP contribution in [0.15, 0.2) is 71.6 Å². The molecule has 1 N–H and O–H groups in total. The molecule has 1 aliphatic heterocycles. The van der Waals surface area contributed by atoms with E-state index in [1.165, 1.54) is 0 Å². The van der Waals surface area contributed by atoms with Crippen molar-refractivity contribution < 1.29 is 10.4 Å². The zero-order chi connectivity index (χ0) is 20.3. The standard InChI is InChI=1S/C23H22N4O2S.H2/c28-30(19-10-9-17-5-1-2-6-18(17)15-19)24-16-22-25-21-8-4-3-7-20(21)23(26-22)27-11-13-29-14-12-27;/h1-10,15,24H,11-14,16H2;1H. The van der Waals surface area contributed by atoms with Gasteiger partial charge in [-0.15, -0.1) is 0 Å². The Morgan fingerprint density at radius 1 is 0.967 bits per heavy atom. The van der Waals surface area contributed by atoms with Crippen LogP contribution in [0.3, 0.4) is 0 Å². The summed E-state index contributed by atoms with van der Waals surface area (Å²) in [7, 11) is -1.35. The summed E-state index contributed by atoms with van der Waals surface area (Å²) in [6.45, 7) is 3.31. The number of benzene rings is 3. The van der Waals surface area contributed by atoms with Crippen LogP contribution in [0.1, 0.15) is 7.25 Å². The summed E-state index contributed by atoms with van der Waals surface area (Å²) in [6, 6.07) is 21.9. The van der Waals surface area contributed by atoms with E-state index >= 15 is 0 Å². The molecule has 3 aromatic carbocycles. The summed E-state index contributed by atoms with van der Waals surface area (Å²) in [5.41, 5.74) is 0.891. The van der Waals surface area contributed by atoms with Crippen molar-refractivity contribution in [2.45, 2.75) is 11.4 Å². The van der Waals surface area contributed by atoms with Crippen molar-refractivity contribution >= 4 is 38.5 Å². The molecule has 0 amide bonds. The molecule has 0 aliphatic carbocycles. The van der Waals surface area contributed by atoms with Crippen LogP contribution in [0.25, 0.3) is 21.7 Å². The summed E-state index contributed by atoms with van der Waals surface area (Å²) in [5.74, 6) is 1.54. The molecule has 0 spiro atoms. The van der Waals surface area contributed by atoms with Crippen LogP contribution >= 0.6 is 0 Å². The van der Waals surface area contributed by atoms with Gasteiger partial charge in [0.05, 0.1) is 30.2 Å². The summed E-state index contributed by atoms with van der Waals surface area (Å²) in [4.78, 5) is 12.5. The van der Waals surface area contributed by atoms with Gasteiger partial charge < -0.3 is 9.64 Å². The van der Waals surface area contributed by atoms with Crippen LogP contribution < -0.4 is 9.62 Å². The first-order chi connectivity index (χ1) is 14.8. The van der Waals surface area contributed by atoms with Crippen LogP contribution in [-0.4, -0.2) is 40.5 Å². The minimum Gasteiger partial charge on any atom is -0.378 e. The molecule has 4 aromatic rings. The van der Waals surface area contributed by atoms with E-state index in [1.54, 1.807) is 0 Å². The number of ether oxygens (including phenoxy) is 1. The average molecular weight is 421 g/mol. The highest BCUT2D eigenvalue weighted by Crippen LogP contribution is 2.25. The van der Waals surface area contributed by atoms with E-state index in [4.69, 9.17) is 9.72 Å². The Balaban J connectivity index is 0.00000231. The normalized spacial score (nSPS) is 15.5. The molecule has 0 saturated carbocycles. The largest absolute Gasteiger partial charge is 0.378 e. The Hall–Kier alpha value is -2.87. The van der Waals surface area contributed by atoms with Gasteiger partial charge in [-0.05, 0) is 35.0 Å². The average Bonchev–Trinajstić information content (AvgIpc) is 2.82. The molecule has 1 atom stereocenters. The summed E-state index contributed by atoms with van der Waals surface area (Å²) < 4.78 is 21.4. The molecule has 30 heavy (non-hydrogen) atoms. The number of nitrogens with zero attached hydrogens (tertiary/aromatic N) is 3. The van der Waals surface area contributed by atoms with Gasteiger partial charge in [-0.25, -0.2) is 18.9 Å². The maximum absolute atomic E-state index is 12.8. The highest BCUT2D eigenvalue weighted by Gasteiger charge is 2.17. The van der Waals surface area contributed by atoms with E-state index in [1.807, 2.05) is 66.7 Å². The first kappa shape index (κ1) is 19.1. The molecular weight excluding hydrogens is 396 g/mol. The molecule has 1 unspecified atom stereocenters. The molecule has 1 fully saturated rings. The number of rotatable bonds is 5. The van der Waals surface area contributed by atoms with E-state index in [9.17, 15) is 4.21 Å². The van der Waals surface area contributed by atoms with Crippen LogP contribution in [0.4, 0.5) is 5.82 Å². The van der Waals surface area contributed by atoms with E-state index < -0.39 is 11.0 Å². The monoisotopic (exact) mass is 420 g/mol. The fraction of sp³-hybridized carbons (Fsp3) is 0.217. The van der Waals surface area contributed by atoms with Crippen molar-refractivity contribution in [3.63, 3.8) is 0 Å². The molecule has 6 nitrogen and oxygen atoms in total. The third-order valence-corrected chi connectivity index (χ3v) is 6.33. The molecule has 0 bridgehead atoms. The van der Waals surface area contributed by atoms with E-state index in [-0.39, 0.29) is 1.43 Å². The zero-order valence-electron chi connectivity index (χ0n) is 16.5. The SMILES string of the molecule is O=S(NCc1nc(N2CCOCC2)c2ccccc2n1)c1ccc2ccccc2c1.[HH]. The van der Waals surface area contributed by atoms with E-state index in [0.717, 1.165) is 45.5 Å². The molecule has 1 saturated heterocycles. The minimum atomic E-state index is -1.35. The molecule has 7 heteroatoms. The first-order valence-corrected chi connectivity index (χ1v) is 11.2. The molecule has 5 rings (SSSR count). The van der Waals surface area contributed by atoms with Gasteiger partial charge in [-0.1, -0.05) is 42.5 Å². The predicted molar refractivity (Wildman–Crippen MR) is 122 cm³/mol. The first-order valence-electron chi connectivity index (χ1n) is 10.0. The number of aromatic nitrogens is 2. The van der Waals surface area contributed by atoms with Crippen molar-refractivity contribution in [3.8, 4) is 0 Å². The van der Waals surface area contributed by atoms with Gasteiger partial charge in [-0.2, -0.15) is 0 Å². The summed E-state index contributed by atoms with van der Waals surface area (Å²) in [6.07, 6.45) is 0. The second-order valence-corrected chi connectivity index (χ2v) is 8.48. The van der Waals surface area contributed by atoms with Gasteiger partial charge in [0.25, 0.3) is 0 Å². The lowest BCUT2D eigenvalue weighted by atomic mass is 10.1. The maximum atomic E-state index is 12.8. The lowest BCUT2D eigenvalue weighted by Crippen LogP contribution is -2.37. The number of hydrogen-bond acceptors (Lipinski definition) is 5. The minimum absolute atomic E-state index is 0. The van der Waals surface area contributed by atoms with Crippen molar-refractivity contribution in [1.29, 1.82) is 0 Å². The van der Waals surface area contributed by atoms with Gasteiger partial charge in [0, 0.05) is 19.9 Å². The number of para-hydroxylation sites is 1. The second-order valence-electron chi connectivity index (χ2n) is 7.18. The molecule has 1 aliphatic rings. The van der Waals surface area contributed by atoms with Gasteiger partial charge in [0.1, 0.15) is 22.6 Å². The second kappa shape index (κ2) is 8.47. The maximum Gasteiger partial charge on any atom is 0.146 e. The topological polar surface area (TPSA) is 67.4 Å². The van der Waals surface area contributed by atoms with Crippen molar-refractivity contribution in [3.05, 3.63) is 72.6 Å². The van der Waals surface area contributed by atoms with Crippen molar-refractivity contribution in [1.82, 2.24) is 14.7 Å². The van der Waals surface area contributed by atoms with Gasteiger partial charge in [0.2, 0.25) is 0 Å². The number of hydrogen-bond donors (Lipinski definition) is 1. The number of nitrogens with one attached hydrogen (secondary N) is 1.